The number of carbonyl (C=O) groups is 2. The molecule has 1 heterocycles. The monoisotopic (exact) mass is 224 g/mol. The Hall–Kier alpha value is -1.65. The van der Waals surface area contributed by atoms with Gasteiger partial charge < -0.3 is 9.30 Å². The lowest BCUT2D eigenvalue weighted by Crippen LogP contribution is -2.19. The van der Waals surface area contributed by atoms with Crippen LogP contribution in [0.5, 0.6) is 0 Å². The Labute approximate surface area is 94.4 Å². The minimum atomic E-state index is -0.383. The number of hydrogen-bond donors (Lipinski definition) is 0. The van der Waals surface area contributed by atoms with Crippen molar-refractivity contribution in [3.63, 3.8) is 0 Å². The van der Waals surface area contributed by atoms with Gasteiger partial charge in [-0.3, -0.25) is 4.79 Å². The molecule has 0 fully saturated rings. The molecule has 0 N–H and O–H groups in total. The van der Waals surface area contributed by atoms with Crippen LogP contribution >= 0.6 is 0 Å². The summed E-state index contributed by atoms with van der Waals surface area (Å²) in [6.45, 7) is 2.05. The van der Waals surface area contributed by atoms with Crippen LogP contribution in [0, 0.1) is 0 Å². The topological polar surface area (TPSA) is 61.2 Å². The number of aromatic nitrogens is 2. The Bertz CT molecular complexity index is 360. The van der Waals surface area contributed by atoms with Gasteiger partial charge in [0.1, 0.15) is 11.7 Å². The molecule has 0 radical (unpaired) electrons. The summed E-state index contributed by atoms with van der Waals surface area (Å²) in [5.41, 5.74) is 0.324. The summed E-state index contributed by atoms with van der Waals surface area (Å²) >= 11 is 0. The molecule has 1 aromatic heterocycles. The molecule has 0 spiro atoms. The number of nitrogens with zero attached hydrogens (tertiary/aromatic N) is 2. The van der Waals surface area contributed by atoms with Crippen molar-refractivity contribution in [2.24, 2.45) is 0 Å². The van der Waals surface area contributed by atoms with Crippen molar-refractivity contribution >= 4 is 12.3 Å². The number of rotatable bonds is 6. The minimum Gasteiger partial charge on any atom is -0.467 e. The first-order valence-electron chi connectivity index (χ1n) is 5.29. The predicted molar refractivity (Wildman–Crippen MR) is 58.2 cm³/mol. The van der Waals surface area contributed by atoms with Crippen molar-refractivity contribution in [3.05, 3.63) is 18.2 Å². The zero-order chi connectivity index (χ0) is 12.0. The van der Waals surface area contributed by atoms with E-state index in [0.717, 1.165) is 12.8 Å². The molecule has 1 rings (SSSR count). The molecule has 0 saturated carbocycles. The van der Waals surface area contributed by atoms with E-state index in [-0.39, 0.29) is 12.0 Å². The number of unbranched alkanes of at least 4 members (excludes halogenated alkanes) is 1. The number of esters is 1. The lowest BCUT2D eigenvalue weighted by molar-refractivity contribution is -0.144. The third-order valence-corrected chi connectivity index (χ3v) is 2.41. The maximum atomic E-state index is 11.6. The molecule has 0 aromatic carbocycles. The number of carbonyl (C=O) groups excluding carboxylic acids is 2. The molecule has 1 atom stereocenters. The van der Waals surface area contributed by atoms with Crippen molar-refractivity contribution in [1.82, 2.24) is 9.55 Å². The van der Waals surface area contributed by atoms with E-state index in [9.17, 15) is 9.59 Å². The highest BCUT2D eigenvalue weighted by atomic mass is 16.5. The fraction of sp³-hybridized carbons (Fsp3) is 0.545. The van der Waals surface area contributed by atoms with E-state index >= 15 is 0 Å². The molecular formula is C11H16N2O3. The van der Waals surface area contributed by atoms with Gasteiger partial charge in [-0.2, -0.15) is 0 Å². The van der Waals surface area contributed by atoms with Gasteiger partial charge in [0.25, 0.3) is 0 Å². The van der Waals surface area contributed by atoms with Crippen molar-refractivity contribution in [3.8, 4) is 0 Å². The molecular weight excluding hydrogens is 208 g/mol. The van der Waals surface area contributed by atoms with Gasteiger partial charge in [0.05, 0.1) is 13.4 Å². The number of hydrogen-bond acceptors (Lipinski definition) is 4. The molecule has 1 aromatic rings. The Morgan fingerprint density at radius 3 is 2.94 bits per heavy atom. The van der Waals surface area contributed by atoms with Crippen LogP contribution in [0.25, 0.3) is 0 Å². The zero-order valence-corrected chi connectivity index (χ0v) is 9.55. The van der Waals surface area contributed by atoms with Gasteiger partial charge >= 0.3 is 5.97 Å². The largest absolute Gasteiger partial charge is 0.467 e. The molecule has 0 aliphatic carbocycles. The Morgan fingerprint density at radius 2 is 2.44 bits per heavy atom. The second kappa shape index (κ2) is 6.05. The summed E-state index contributed by atoms with van der Waals surface area (Å²) in [5.74, 6) is -0.303. The van der Waals surface area contributed by atoms with Crippen LogP contribution in [-0.2, 0) is 9.53 Å². The second-order valence-electron chi connectivity index (χ2n) is 3.54. The fourth-order valence-electron chi connectivity index (χ4n) is 1.51. The van der Waals surface area contributed by atoms with Crippen LogP contribution < -0.4 is 0 Å². The molecule has 0 aliphatic rings. The Kier molecular flexibility index (Phi) is 4.69. The maximum Gasteiger partial charge on any atom is 0.328 e. The molecule has 88 valence electrons. The van der Waals surface area contributed by atoms with Crippen molar-refractivity contribution < 1.29 is 14.3 Å². The van der Waals surface area contributed by atoms with Gasteiger partial charge in [0, 0.05) is 6.20 Å². The SMILES string of the molecule is CCCCC(C(=O)OC)n1cnc(C=O)c1. The van der Waals surface area contributed by atoms with Crippen LogP contribution in [0.3, 0.4) is 0 Å². The summed E-state index contributed by atoms with van der Waals surface area (Å²) < 4.78 is 6.36. The van der Waals surface area contributed by atoms with Gasteiger partial charge in [-0.15, -0.1) is 0 Å². The third kappa shape index (κ3) is 2.92. The first-order valence-corrected chi connectivity index (χ1v) is 5.29. The molecule has 16 heavy (non-hydrogen) atoms. The van der Waals surface area contributed by atoms with E-state index in [2.05, 4.69) is 11.9 Å². The zero-order valence-electron chi connectivity index (χ0n) is 9.55. The highest BCUT2D eigenvalue weighted by Crippen LogP contribution is 2.17. The van der Waals surface area contributed by atoms with Crippen LogP contribution in [-0.4, -0.2) is 28.9 Å². The molecule has 0 saturated heterocycles. The van der Waals surface area contributed by atoms with Crippen LogP contribution in [0.15, 0.2) is 12.5 Å². The average molecular weight is 224 g/mol. The number of aldehydes is 1. The summed E-state index contributed by atoms with van der Waals surface area (Å²) in [7, 11) is 1.36. The van der Waals surface area contributed by atoms with E-state index in [1.165, 1.54) is 13.4 Å². The molecule has 1 unspecified atom stereocenters. The lowest BCUT2D eigenvalue weighted by Gasteiger charge is -2.15. The van der Waals surface area contributed by atoms with Gasteiger partial charge in [0.15, 0.2) is 6.29 Å². The third-order valence-electron chi connectivity index (χ3n) is 2.41. The first kappa shape index (κ1) is 12.4. The van der Waals surface area contributed by atoms with Crippen LogP contribution in [0.1, 0.15) is 42.7 Å². The second-order valence-corrected chi connectivity index (χ2v) is 3.54. The van der Waals surface area contributed by atoms with E-state index < -0.39 is 0 Å². The number of imidazole rings is 1. The lowest BCUT2D eigenvalue weighted by atomic mass is 10.1. The average Bonchev–Trinajstić information content (AvgIpc) is 2.77. The van der Waals surface area contributed by atoms with E-state index in [1.807, 2.05) is 0 Å². The summed E-state index contributed by atoms with van der Waals surface area (Å²) in [5, 5.41) is 0. The smallest absolute Gasteiger partial charge is 0.328 e. The number of ether oxygens (including phenoxy) is 1. The van der Waals surface area contributed by atoms with Crippen LogP contribution in [0.2, 0.25) is 0 Å². The highest BCUT2D eigenvalue weighted by Gasteiger charge is 2.20. The summed E-state index contributed by atoms with van der Waals surface area (Å²) in [6.07, 6.45) is 6.32. The van der Waals surface area contributed by atoms with Crippen LogP contribution in [0.4, 0.5) is 0 Å². The van der Waals surface area contributed by atoms with Crippen molar-refractivity contribution in [2.75, 3.05) is 7.11 Å². The summed E-state index contributed by atoms with van der Waals surface area (Å²) in [6, 6.07) is -0.383. The van der Waals surface area contributed by atoms with E-state index in [4.69, 9.17) is 4.74 Å². The Morgan fingerprint density at radius 1 is 1.69 bits per heavy atom. The molecule has 0 bridgehead atoms. The van der Waals surface area contributed by atoms with Gasteiger partial charge in [-0.25, -0.2) is 9.78 Å². The fourth-order valence-corrected chi connectivity index (χ4v) is 1.51. The van der Waals surface area contributed by atoms with Gasteiger partial charge in [-0.05, 0) is 6.42 Å². The standard InChI is InChI=1S/C11H16N2O3/c1-3-4-5-10(11(15)16-2)13-6-9(7-14)12-8-13/h6-8,10H,3-5H2,1-2H3. The van der Waals surface area contributed by atoms with Crippen molar-refractivity contribution in [2.45, 2.75) is 32.2 Å². The highest BCUT2D eigenvalue weighted by molar-refractivity contribution is 5.75. The molecule has 0 aliphatic heterocycles. The molecule has 0 amide bonds. The Balaban J connectivity index is 2.82. The summed E-state index contributed by atoms with van der Waals surface area (Å²) in [4.78, 5) is 25.9. The first-order chi connectivity index (χ1) is 7.72. The molecule has 5 heteroatoms. The van der Waals surface area contributed by atoms with Gasteiger partial charge in [0.2, 0.25) is 0 Å². The minimum absolute atomic E-state index is 0.303. The molecule has 5 nitrogen and oxygen atoms in total. The maximum absolute atomic E-state index is 11.6. The quantitative estimate of drug-likeness (QED) is 0.544. The predicted octanol–water partition coefficient (Wildman–Crippen LogP) is 1.60. The number of methoxy groups -OCH3 is 1. The van der Waals surface area contributed by atoms with Gasteiger partial charge in [-0.1, -0.05) is 19.8 Å². The van der Waals surface area contributed by atoms with E-state index in [0.29, 0.717) is 18.4 Å². The van der Waals surface area contributed by atoms with E-state index in [1.54, 1.807) is 10.8 Å². The normalized spacial score (nSPS) is 12.1. The van der Waals surface area contributed by atoms with Crippen molar-refractivity contribution in [1.29, 1.82) is 0 Å².